The van der Waals surface area contributed by atoms with E-state index in [0.29, 0.717) is 5.56 Å². The van der Waals surface area contributed by atoms with Crippen molar-refractivity contribution >= 4 is 27.5 Å². The number of nitrogens with zero attached hydrogens (tertiary/aromatic N) is 3. The number of aliphatic hydroxyl groups is 1. The van der Waals surface area contributed by atoms with Crippen molar-refractivity contribution in [2.75, 3.05) is 14.1 Å². The number of aliphatic hydroxyl groups excluding tert-OH is 1. The second kappa shape index (κ2) is 10.2. The number of carbonyl (C=O) groups is 2. The first kappa shape index (κ1) is 27.2. The molecule has 8 nitrogen and oxygen atoms in total. The van der Waals surface area contributed by atoms with E-state index in [1.807, 2.05) is 30.3 Å². The minimum atomic E-state index is -3.67. The number of amides is 1. The van der Waals surface area contributed by atoms with Gasteiger partial charge in [0.15, 0.2) is 0 Å². The summed E-state index contributed by atoms with van der Waals surface area (Å²) < 4.78 is 26.0. The summed E-state index contributed by atoms with van der Waals surface area (Å²) in [6.45, 7) is 6.41. The van der Waals surface area contributed by atoms with E-state index in [4.69, 9.17) is 0 Å². The van der Waals surface area contributed by atoms with Gasteiger partial charge in [-0.1, -0.05) is 51.1 Å². The number of pyridine rings is 1. The number of ketones is 1. The Bertz CT molecular complexity index is 1490. The van der Waals surface area contributed by atoms with E-state index in [9.17, 15) is 23.1 Å². The van der Waals surface area contributed by atoms with Crippen LogP contribution in [0, 0.1) is 0 Å². The maximum absolute atomic E-state index is 13.3. The maximum atomic E-state index is 13.3. The molecule has 1 saturated heterocycles. The lowest BCUT2D eigenvalue weighted by Gasteiger charge is -2.26. The zero-order valence-corrected chi connectivity index (χ0v) is 22.9. The van der Waals surface area contributed by atoms with E-state index in [1.54, 1.807) is 18.5 Å². The molecule has 1 aliphatic heterocycles. The first-order valence-corrected chi connectivity index (χ1v) is 13.6. The molecule has 0 spiro atoms. The van der Waals surface area contributed by atoms with Crippen LogP contribution in [-0.4, -0.2) is 53.5 Å². The summed E-state index contributed by atoms with van der Waals surface area (Å²) in [6, 6.07) is 16.0. The molecule has 0 unspecified atom stereocenters. The van der Waals surface area contributed by atoms with Gasteiger partial charge in [-0.05, 0) is 52.4 Å². The van der Waals surface area contributed by atoms with Crippen LogP contribution in [0.4, 0.5) is 0 Å². The number of carbonyl (C=O) groups excluding carboxylic acids is 2. The minimum Gasteiger partial charge on any atom is -0.507 e. The molecule has 1 fully saturated rings. The number of aromatic nitrogens is 1. The molecule has 0 saturated carbocycles. The Hall–Kier alpha value is -3.82. The summed E-state index contributed by atoms with van der Waals surface area (Å²) in [7, 11) is -0.814. The van der Waals surface area contributed by atoms with Crippen LogP contribution >= 0.6 is 0 Å². The van der Waals surface area contributed by atoms with Crippen molar-refractivity contribution in [3.8, 4) is 0 Å². The van der Waals surface area contributed by atoms with Crippen LogP contribution in [-0.2, 0) is 31.6 Å². The Labute approximate surface area is 223 Å². The van der Waals surface area contributed by atoms with Gasteiger partial charge in [0.1, 0.15) is 5.76 Å². The lowest BCUT2D eigenvalue weighted by molar-refractivity contribution is -0.140. The fraction of sp³-hybridized carbons (Fsp3) is 0.276. The van der Waals surface area contributed by atoms with Crippen molar-refractivity contribution in [2.24, 2.45) is 0 Å². The zero-order valence-electron chi connectivity index (χ0n) is 22.0. The molecule has 3 aromatic rings. The number of sulfonamides is 1. The second-order valence-corrected chi connectivity index (χ2v) is 12.6. The summed E-state index contributed by atoms with van der Waals surface area (Å²) in [5, 5.41) is 11.3. The van der Waals surface area contributed by atoms with Crippen molar-refractivity contribution in [3.05, 3.63) is 101 Å². The highest BCUT2D eigenvalue weighted by atomic mass is 32.2. The molecule has 0 radical (unpaired) electrons. The number of hydrogen-bond acceptors (Lipinski definition) is 6. The predicted octanol–water partition coefficient (Wildman–Crippen LogP) is 4.25. The summed E-state index contributed by atoms with van der Waals surface area (Å²) in [6.07, 6.45) is 3.25. The summed E-state index contributed by atoms with van der Waals surface area (Å²) in [4.78, 5) is 32.2. The highest BCUT2D eigenvalue weighted by molar-refractivity contribution is 7.89. The van der Waals surface area contributed by atoms with E-state index >= 15 is 0 Å². The van der Waals surface area contributed by atoms with E-state index in [0.717, 1.165) is 15.4 Å². The van der Waals surface area contributed by atoms with Crippen LogP contribution < -0.4 is 0 Å². The normalized spacial score (nSPS) is 17.8. The molecule has 0 aliphatic carbocycles. The number of rotatable bonds is 6. The number of benzene rings is 2. The fourth-order valence-electron chi connectivity index (χ4n) is 4.39. The van der Waals surface area contributed by atoms with Crippen LogP contribution in [0.15, 0.2) is 83.5 Å². The average Bonchev–Trinajstić information content (AvgIpc) is 3.13. The number of hydrogen-bond donors (Lipinski definition) is 1. The fourth-order valence-corrected chi connectivity index (χ4v) is 5.30. The predicted molar refractivity (Wildman–Crippen MR) is 145 cm³/mol. The second-order valence-electron chi connectivity index (χ2n) is 10.5. The molecule has 2 heterocycles. The maximum Gasteiger partial charge on any atom is 0.295 e. The zero-order chi connectivity index (χ0) is 27.8. The van der Waals surface area contributed by atoms with E-state index < -0.39 is 27.8 Å². The number of likely N-dealkylation sites (tertiary alicyclic amines) is 1. The standard InChI is InChI=1S/C29H31N3O5S/c1-29(2,3)22-12-8-20(9-13-22)25-24(27(34)28(35)32(25)18-19-7-6-16-30-17-19)26(33)21-10-14-23(15-11-21)38(36,37)31(4)5/h6-17,25,33H,18H2,1-5H3/b26-24+/t25-/m1/s1. The Balaban J connectivity index is 1.83. The van der Waals surface area contributed by atoms with Crippen LogP contribution in [0.5, 0.6) is 0 Å². The molecule has 1 amide bonds. The molecule has 4 rings (SSSR count). The molecule has 1 N–H and O–H groups in total. The van der Waals surface area contributed by atoms with E-state index in [1.165, 1.54) is 43.3 Å². The molecule has 0 bridgehead atoms. The molecule has 1 aliphatic rings. The van der Waals surface area contributed by atoms with Crippen molar-refractivity contribution in [2.45, 2.75) is 43.7 Å². The lowest BCUT2D eigenvalue weighted by Crippen LogP contribution is -2.29. The topological polar surface area (TPSA) is 108 Å². The Morgan fingerprint density at radius 1 is 1.00 bits per heavy atom. The van der Waals surface area contributed by atoms with Gasteiger partial charge in [0.25, 0.3) is 11.7 Å². The molecular formula is C29H31N3O5S. The van der Waals surface area contributed by atoms with Crippen molar-refractivity contribution in [1.29, 1.82) is 0 Å². The van der Waals surface area contributed by atoms with Gasteiger partial charge in [-0.15, -0.1) is 0 Å². The quantitative estimate of drug-likeness (QED) is 0.288. The van der Waals surface area contributed by atoms with Crippen LogP contribution in [0.3, 0.4) is 0 Å². The summed E-state index contributed by atoms with van der Waals surface area (Å²) >= 11 is 0. The van der Waals surface area contributed by atoms with Crippen LogP contribution in [0.25, 0.3) is 5.76 Å². The van der Waals surface area contributed by atoms with Crippen molar-refractivity contribution < 1.29 is 23.1 Å². The number of Topliss-reactive ketones (excluding diaryl/α,β-unsaturated/α-hetero) is 1. The Morgan fingerprint density at radius 3 is 2.16 bits per heavy atom. The van der Waals surface area contributed by atoms with Gasteiger partial charge in [-0.25, -0.2) is 12.7 Å². The van der Waals surface area contributed by atoms with Gasteiger partial charge < -0.3 is 10.0 Å². The van der Waals surface area contributed by atoms with Gasteiger partial charge in [-0.3, -0.25) is 14.6 Å². The Kier molecular flexibility index (Phi) is 7.27. The van der Waals surface area contributed by atoms with Crippen molar-refractivity contribution in [1.82, 2.24) is 14.2 Å². The highest BCUT2D eigenvalue weighted by Crippen LogP contribution is 2.41. The Morgan fingerprint density at radius 2 is 1.63 bits per heavy atom. The highest BCUT2D eigenvalue weighted by Gasteiger charge is 2.46. The SMILES string of the molecule is CN(C)S(=O)(=O)c1ccc(/C(O)=C2\C(=O)C(=O)N(Cc3cccnc3)[C@@H]2c2ccc(C(C)(C)C)cc2)cc1. The van der Waals surface area contributed by atoms with Crippen molar-refractivity contribution in [3.63, 3.8) is 0 Å². The monoisotopic (exact) mass is 533 g/mol. The smallest absolute Gasteiger partial charge is 0.295 e. The van der Waals surface area contributed by atoms with Gasteiger partial charge in [0, 0.05) is 38.6 Å². The molecule has 198 valence electrons. The molecule has 38 heavy (non-hydrogen) atoms. The van der Waals surface area contributed by atoms with Crippen LogP contribution in [0.1, 0.15) is 49.1 Å². The van der Waals surface area contributed by atoms with Crippen LogP contribution in [0.2, 0.25) is 0 Å². The average molecular weight is 534 g/mol. The van der Waals surface area contributed by atoms with E-state index in [2.05, 4.69) is 25.8 Å². The van der Waals surface area contributed by atoms with E-state index in [-0.39, 0.29) is 33.8 Å². The first-order chi connectivity index (χ1) is 17.8. The molecule has 1 atom stereocenters. The third-order valence-corrected chi connectivity index (χ3v) is 8.44. The summed E-state index contributed by atoms with van der Waals surface area (Å²) in [5.41, 5.74) is 2.59. The minimum absolute atomic E-state index is 0.0467. The molecular weight excluding hydrogens is 502 g/mol. The molecule has 1 aromatic heterocycles. The molecule has 2 aromatic carbocycles. The third kappa shape index (κ3) is 5.12. The van der Waals surface area contributed by atoms with Gasteiger partial charge >= 0.3 is 0 Å². The summed E-state index contributed by atoms with van der Waals surface area (Å²) in [5.74, 6) is -1.90. The third-order valence-electron chi connectivity index (χ3n) is 6.61. The first-order valence-electron chi connectivity index (χ1n) is 12.1. The van der Waals surface area contributed by atoms with Gasteiger partial charge in [-0.2, -0.15) is 0 Å². The lowest BCUT2D eigenvalue weighted by atomic mass is 9.85. The molecule has 9 heteroatoms. The van der Waals surface area contributed by atoms with Gasteiger partial charge in [0.05, 0.1) is 16.5 Å². The van der Waals surface area contributed by atoms with Gasteiger partial charge in [0.2, 0.25) is 10.0 Å². The largest absolute Gasteiger partial charge is 0.507 e.